The Bertz CT molecular complexity index is 1020. The molecule has 0 radical (unpaired) electrons. The predicted octanol–water partition coefficient (Wildman–Crippen LogP) is 15.6. The Labute approximate surface area is 347 Å². The summed E-state index contributed by atoms with van der Waals surface area (Å²) in [5.41, 5.74) is 0. The third kappa shape index (κ3) is 44.1. The molecule has 0 N–H and O–H groups in total. The van der Waals surface area contributed by atoms with E-state index < -0.39 is 6.10 Å². The average molecular weight is 781 g/mol. The number of carbonyl (C=O) groups is 2. The van der Waals surface area contributed by atoms with Crippen LogP contribution in [0.4, 0.5) is 0 Å². The Kier molecular flexibility index (Phi) is 44.5. The molecule has 5 nitrogen and oxygen atoms in total. The highest BCUT2D eigenvalue weighted by atomic mass is 16.6. The van der Waals surface area contributed by atoms with Crippen molar-refractivity contribution in [3.63, 3.8) is 0 Å². The molecule has 0 heterocycles. The number of rotatable bonds is 42. The lowest BCUT2D eigenvalue weighted by Crippen LogP contribution is -2.30. The van der Waals surface area contributed by atoms with Crippen LogP contribution in [0, 0.1) is 0 Å². The third-order valence-electron chi connectivity index (χ3n) is 9.74. The summed E-state index contributed by atoms with van der Waals surface area (Å²) in [7, 11) is 0. The molecule has 0 aliphatic rings. The second kappa shape index (κ2) is 46.7. The van der Waals surface area contributed by atoms with E-state index in [2.05, 4.69) is 87.6 Å². The molecule has 0 rings (SSSR count). The standard InChI is InChI=1S/C51H88O5/c1-4-7-10-13-16-19-22-25-26-28-29-32-35-38-41-44-50(52)55-48-49(47-54-46-43-40-37-34-31-24-21-18-15-12-9-6-3)56-51(53)45-42-39-36-33-30-27-23-20-17-14-11-8-5-2/h8,11,16-17,19-20,25-27,30,36,39,49H,4-7,9-10,12-15,18,21-24,28-29,31-35,37-38,40-48H2,1-3H3/b11-8-,19-16-,20-17-,26-25-,30-27-,39-36-. The van der Waals surface area contributed by atoms with Crippen molar-refractivity contribution in [3.8, 4) is 0 Å². The molecule has 322 valence electrons. The van der Waals surface area contributed by atoms with Crippen molar-refractivity contribution in [1.29, 1.82) is 0 Å². The summed E-state index contributed by atoms with van der Waals surface area (Å²) in [5.74, 6) is -0.506. The molecule has 0 spiro atoms. The van der Waals surface area contributed by atoms with Gasteiger partial charge in [-0.15, -0.1) is 0 Å². The van der Waals surface area contributed by atoms with Crippen LogP contribution in [-0.2, 0) is 23.8 Å². The molecular formula is C51H88O5. The highest BCUT2D eigenvalue weighted by Gasteiger charge is 2.17. The maximum absolute atomic E-state index is 12.7. The van der Waals surface area contributed by atoms with E-state index in [-0.39, 0.29) is 25.2 Å². The summed E-state index contributed by atoms with van der Waals surface area (Å²) in [5, 5.41) is 0. The highest BCUT2D eigenvalue weighted by Crippen LogP contribution is 2.13. The van der Waals surface area contributed by atoms with Gasteiger partial charge in [-0.1, -0.05) is 196 Å². The molecule has 0 aliphatic carbocycles. The van der Waals surface area contributed by atoms with Crippen LogP contribution in [0.25, 0.3) is 0 Å². The van der Waals surface area contributed by atoms with E-state index in [9.17, 15) is 9.59 Å². The Morgan fingerprint density at radius 2 is 0.839 bits per heavy atom. The second-order valence-electron chi connectivity index (χ2n) is 15.3. The van der Waals surface area contributed by atoms with Crippen molar-refractivity contribution in [2.75, 3.05) is 19.8 Å². The first-order chi connectivity index (χ1) is 27.6. The zero-order valence-corrected chi connectivity index (χ0v) is 36.9. The zero-order valence-electron chi connectivity index (χ0n) is 36.9. The molecule has 0 aromatic heterocycles. The van der Waals surface area contributed by atoms with Gasteiger partial charge < -0.3 is 14.2 Å². The van der Waals surface area contributed by atoms with Gasteiger partial charge in [0.25, 0.3) is 0 Å². The van der Waals surface area contributed by atoms with Crippen molar-refractivity contribution < 1.29 is 23.8 Å². The lowest BCUT2D eigenvalue weighted by molar-refractivity contribution is -0.162. The second-order valence-corrected chi connectivity index (χ2v) is 15.3. The molecule has 0 aromatic rings. The Morgan fingerprint density at radius 3 is 1.39 bits per heavy atom. The van der Waals surface area contributed by atoms with Gasteiger partial charge >= 0.3 is 11.9 Å². The number of esters is 2. The van der Waals surface area contributed by atoms with Crippen molar-refractivity contribution >= 4 is 11.9 Å². The number of carbonyl (C=O) groups excluding carboxylic acids is 2. The number of ether oxygens (including phenoxy) is 3. The summed E-state index contributed by atoms with van der Waals surface area (Å²) in [4.78, 5) is 25.2. The molecule has 0 bridgehead atoms. The molecule has 1 unspecified atom stereocenters. The van der Waals surface area contributed by atoms with Gasteiger partial charge in [0.15, 0.2) is 6.10 Å². The summed E-state index contributed by atoms with van der Waals surface area (Å²) in [6, 6.07) is 0. The summed E-state index contributed by atoms with van der Waals surface area (Å²) in [6.45, 7) is 7.59. The first kappa shape index (κ1) is 53.3. The third-order valence-corrected chi connectivity index (χ3v) is 9.74. The lowest BCUT2D eigenvalue weighted by atomic mass is 10.1. The van der Waals surface area contributed by atoms with Crippen molar-refractivity contribution in [2.24, 2.45) is 0 Å². The van der Waals surface area contributed by atoms with Crippen molar-refractivity contribution in [1.82, 2.24) is 0 Å². The molecular weight excluding hydrogens is 693 g/mol. The molecule has 0 fully saturated rings. The van der Waals surface area contributed by atoms with E-state index in [0.29, 0.717) is 25.9 Å². The highest BCUT2D eigenvalue weighted by molar-refractivity contribution is 5.70. The summed E-state index contributed by atoms with van der Waals surface area (Å²) in [6.07, 6.45) is 59.1. The monoisotopic (exact) mass is 781 g/mol. The van der Waals surface area contributed by atoms with Gasteiger partial charge in [-0.25, -0.2) is 0 Å². The first-order valence-electron chi connectivity index (χ1n) is 23.5. The van der Waals surface area contributed by atoms with E-state index in [1.165, 1.54) is 103 Å². The van der Waals surface area contributed by atoms with Gasteiger partial charge in [0.1, 0.15) is 6.61 Å². The van der Waals surface area contributed by atoms with Gasteiger partial charge in [0.05, 0.1) is 6.61 Å². The van der Waals surface area contributed by atoms with E-state index in [0.717, 1.165) is 70.6 Å². The lowest BCUT2D eigenvalue weighted by Gasteiger charge is -2.18. The van der Waals surface area contributed by atoms with Gasteiger partial charge in [-0.05, 0) is 77.0 Å². The fourth-order valence-corrected chi connectivity index (χ4v) is 6.26. The largest absolute Gasteiger partial charge is 0.462 e. The molecule has 0 saturated carbocycles. The Morgan fingerprint density at radius 1 is 0.411 bits per heavy atom. The normalized spacial score (nSPS) is 12.8. The molecule has 0 amide bonds. The fraction of sp³-hybridized carbons (Fsp3) is 0.725. The maximum atomic E-state index is 12.7. The number of allylic oxidation sites excluding steroid dienone is 12. The molecule has 5 heteroatoms. The van der Waals surface area contributed by atoms with Gasteiger partial charge in [0, 0.05) is 19.4 Å². The van der Waals surface area contributed by atoms with Gasteiger partial charge in [-0.3, -0.25) is 9.59 Å². The molecule has 0 saturated heterocycles. The van der Waals surface area contributed by atoms with Crippen LogP contribution in [0.1, 0.15) is 213 Å². The molecule has 56 heavy (non-hydrogen) atoms. The Hall–Kier alpha value is -2.66. The minimum atomic E-state index is -0.578. The van der Waals surface area contributed by atoms with Crippen LogP contribution in [0.5, 0.6) is 0 Å². The van der Waals surface area contributed by atoms with E-state index >= 15 is 0 Å². The van der Waals surface area contributed by atoms with E-state index in [4.69, 9.17) is 14.2 Å². The van der Waals surface area contributed by atoms with Crippen LogP contribution in [0.3, 0.4) is 0 Å². The number of hydrogen-bond acceptors (Lipinski definition) is 5. The SMILES string of the molecule is CC/C=C\C/C=C\C/C=C\C/C=C\CCC(=O)OC(COCCCCCCCCCCCCCC)COC(=O)CCCCCCC/C=C\C/C=C\CCCCC. The topological polar surface area (TPSA) is 61.8 Å². The predicted molar refractivity (Wildman–Crippen MR) is 242 cm³/mol. The van der Waals surface area contributed by atoms with Crippen LogP contribution in [-0.4, -0.2) is 37.9 Å². The summed E-state index contributed by atoms with van der Waals surface area (Å²) >= 11 is 0. The zero-order chi connectivity index (χ0) is 40.7. The van der Waals surface area contributed by atoms with Crippen LogP contribution in [0.2, 0.25) is 0 Å². The minimum absolute atomic E-state index is 0.0489. The van der Waals surface area contributed by atoms with Crippen molar-refractivity contribution in [2.45, 2.75) is 219 Å². The maximum Gasteiger partial charge on any atom is 0.306 e. The minimum Gasteiger partial charge on any atom is -0.462 e. The smallest absolute Gasteiger partial charge is 0.306 e. The van der Waals surface area contributed by atoms with Crippen molar-refractivity contribution in [3.05, 3.63) is 72.9 Å². The molecule has 0 aromatic carbocycles. The van der Waals surface area contributed by atoms with E-state index in [1.54, 1.807) is 0 Å². The Balaban J connectivity index is 4.37. The van der Waals surface area contributed by atoms with E-state index in [1.807, 2.05) is 6.08 Å². The molecule has 0 aliphatic heterocycles. The number of hydrogen-bond donors (Lipinski definition) is 0. The average Bonchev–Trinajstić information content (AvgIpc) is 3.20. The summed E-state index contributed by atoms with van der Waals surface area (Å²) < 4.78 is 17.2. The van der Waals surface area contributed by atoms with Crippen LogP contribution < -0.4 is 0 Å². The number of unbranched alkanes of at least 4 members (excludes halogenated alkanes) is 19. The fourth-order valence-electron chi connectivity index (χ4n) is 6.26. The van der Waals surface area contributed by atoms with Crippen LogP contribution in [0.15, 0.2) is 72.9 Å². The first-order valence-corrected chi connectivity index (χ1v) is 23.5. The molecule has 1 atom stereocenters. The quantitative estimate of drug-likeness (QED) is 0.0351. The van der Waals surface area contributed by atoms with Gasteiger partial charge in [0.2, 0.25) is 0 Å². The van der Waals surface area contributed by atoms with Gasteiger partial charge in [-0.2, -0.15) is 0 Å². The van der Waals surface area contributed by atoms with Crippen LogP contribution >= 0.6 is 0 Å².